The van der Waals surface area contributed by atoms with Crippen LogP contribution in [0, 0.1) is 18.3 Å². The van der Waals surface area contributed by atoms with Gasteiger partial charge in [0.25, 0.3) is 0 Å². The highest BCUT2D eigenvalue weighted by Crippen LogP contribution is 2.20. The largest absolute Gasteiger partial charge is 0.276 e. The van der Waals surface area contributed by atoms with Crippen molar-refractivity contribution in [2.75, 3.05) is 5.43 Å². The summed E-state index contributed by atoms with van der Waals surface area (Å²) in [5.41, 5.74) is 8.27. The number of anilines is 1. The quantitative estimate of drug-likeness (QED) is 0.559. The van der Waals surface area contributed by atoms with Gasteiger partial charge >= 0.3 is 0 Å². The molecule has 0 aliphatic carbocycles. The zero-order valence-corrected chi connectivity index (χ0v) is 13.4. The van der Waals surface area contributed by atoms with Gasteiger partial charge in [0.2, 0.25) is 0 Å². The van der Waals surface area contributed by atoms with E-state index in [1.54, 1.807) is 6.07 Å². The lowest BCUT2D eigenvalue weighted by Crippen LogP contribution is -2.07. The van der Waals surface area contributed by atoms with Crippen LogP contribution < -0.4 is 5.43 Å². The summed E-state index contributed by atoms with van der Waals surface area (Å²) in [4.78, 5) is 0. The summed E-state index contributed by atoms with van der Waals surface area (Å²) in [5, 5.41) is 13.9. The smallest absolute Gasteiger partial charge is 0.101 e. The van der Waals surface area contributed by atoms with Crippen molar-refractivity contribution in [2.45, 2.75) is 6.92 Å². The number of hydrazone groups is 1. The van der Waals surface area contributed by atoms with E-state index in [9.17, 15) is 5.26 Å². The van der Waals surface area contributed by atoms with Crippen LogP contribution in [-0.4, -0.2) is 5.71 Å². The van der Waals surface area contributed by atoms with E-state index in [-0.39, 0.29) is 0 Å². The molecule has 1 N–H and O–H groups in total. The molecule has 24 heavy (non-hydrogen) atoms. The van der Waals surface area contributed by atoms with Gasteiger partial charge in [-0.15, -0.1) is 0 Å². The van der Waals surface area contributed by atoms with Gasteiger partial charge in [0.15, 0.2) is 0 Å². The predicted octanol–water partition coefficient (Wildman–Crippen LogP) is 4.73. The van der Waals surface area contributed by atoms with Crippen LogP contribution in [0.4, 0.5) is 5.69 Å². The van der Waals surface area contributed by atoms with Crippen molar-refractivity contribution in [1.29, 1.82) is 5.26 Å². The Labute approximate surface area is 141 Å². The van der Waals surface area contributed by atoms with E-state index in [4.69, 9.17) is 0 Å². The van der Waals surface area contributed by atoms with Crippen molar-refractivity contribution in [3.05, 3.63) is 101 Å². The Morgan fingerprint density at radius 3 is 1.96 bits per heavy atom. The van der Waals surface area contributed by atoms with Gasteiger partial charge in [-0.2, -0.15) is 10.4 Å². The fourth-order valence-corrected chi connectivity index (χ4v) is 2.51. The first-order valence-corrected chi connectivity index (χ1v) is 7.74. The number of nitrogens with zero attached hydrogens (tertiary/aromatic N) is 2. The zero-order valence-electron chi connectivity index (χ0n) is 13.4. The number of nitrogens with one attached hydrogen (secondary N) is 1. The highest BCUT2D eigenvalue weighted by Gasteiger charge is 2.08. The molecule has 0 fully saturated rings. The molecule has 0 saturated heterocycles. The summed E-state index contributed by atoms with van der Waals surface area (Å²) in [6.45, 7) is 1.96. The summed E-state index contributed by atoms with van der Waals surface area (Å²) >= 11 is 0. The predicted molar refractivity (Wildman–Crippen MR) is 98.0 cm³/mol. The molecule has 0 aliphatic rings. The Kier molecular flexibility index (Phi) is 4.69. The molecule has 0 amide bonds. The van der Waals surface area contributed by atoms with E-state index < -0.39 is 0 Å². The summed E-state index contributed by atoms with van der Waals surface area (Å²) < 4.78 is 0. The first-order valence-electron chi connectivity index (χ1n) is 7.74. The van der Waals surface area contributed by atoms with E-state index in [0.717, 1.165) is 28.1 Å². The van der Waals surface area contributed by atoms with Crippen LogP contribution in [0.15, 0.2) is 84.0 Å². The fourth-order valence-electron chi connectivity index (χ4n) is 2.51. The first-order chi connectivity index (χ1) is 11.8. The van der Waals surface area contributed by atoms with Crippen LogP contribution in [0.2, 0.25) is 0 Å². The Bertz CT molecular complexity index is 850. The summed E-state index contributed by atoms with van der Waals surface area (Å²) in [5.74, 6) is 0. The van der Waals surface area contributed by atoms with E-state index in [1.807, 2.05) is 79.7 Å². The van der Waals surface area contributed by atoms with E-state index in [2.05, 4.69) is 16.6 Å². The molecule has 0 atom stereocenters. The van der Waals surface area contributed by atoms with Crippen LogP contribution in [0.5, 0.6) is 0 Å². The zero-order chi connectivity index (χ0) is 16.8. The number of nitriles is 1. The molecular formula is C21H17N3. The number of hydrogen-bond donors (Lipinski definition) is 1. The second-order valence-corrected chi connectivity index (χ2v) is 5.41. The third kappa shape index (κ3) is 3.34. The summed E-state index contributed by atoms with van der Waals surface area (Å²) in [7, 11) is 0. The summed E-state index contributed by atoms with van der Waals surface area (Å²) in [6.07, 6.45) is 0. The van der Waals surface area contributed by atoms with Crippen LogP contribution in [0.25, 0.3) is 0 Å². The van der Waals surface area contributed by atoms with Gasteiger partial charge in [-0.1, -0.05) is 72.8 Å². The third-order valence-corrected chi connectivity index (χ3v) is 3.77. The first kappa shape index (κ1) is 15.5. The van der Waals surface area contributed by atoms with Gasteiger partial charge in [-0.3, -0.25) is 5.43 Å². The number of para-hydroxylation sites is 1. The second-order valence-electron chi connectivity index (χ2n) is 5.41. The van der Waals surface area contributed by atoms with Gasteiger partial charge in [-0.25, -0.2) is 0 Å². The Hall–Kier alpha value is -3.38. The fraction of sp³-hybridized carbons (Fsp3) is 0.0476. The molecule has 0 spiro atoms. The van der Waals surface area contributed by atoms with Gasteiger partial charge in [0.05, 0.1) is 17.0 Å². The Morgan fingerprint density at radius 2 is 1.42 bits per heavy atom. The SMILES string of the molecule is Cc1cccc(C#N)c1NN=C(c1ccccc1)c1ccccc1. The maximum Gasteiger partial charge on any atom is 0.101 e. The average Bonchev–Trinajstić information content (AvgIpc) is 2.64. The molecule has 3 heteroatoms. The molecule has 0 radical (unpaired) electrons. The van der Waals surface area contributed by atoms with Crippen molar-refractivity contribution in [2.24, 2.45) is 5.10 Å². The Morgan fingerprint density at radius 1 is 0.833 bits per heavy atom. The molecule has 3 aromatic carbocycles. The van der Waals surface area contributed by atoms with Gasteiger partial charge in [0.1, 0.15) is 6.07 Å². The monoisotopic (exact) mass is 311 g/mol. The van der Waals surface area contributed by atoms with Crippen LogP contribution >= 0.6 is 0 Å². The van der Waals surface area contributed by atoms with Crippen LogP contribution in [-0.2, 0) is 0 Å². The maximum atomic E-state index is 9.30. The minimum Gasteiger partial charge on any atom is -0.276 e. The van der Waals surface area contributed by atoms with E-state index in [1.165, 1.54) is 0 Å². The van der Waals surface area contributed by atoms with Gasteiger partial charge in [-0.05, 0) is 18.6 Å². The van der Waals surface area contributed by atoms with E-state index in [0.29, 0.717) is 5.56 Å². The topological polar surface area (TPSA) is 48.2 Å². The number of hydrogen-bond acceptors (Lipinski definition) is 3. The van der Waals surface area contributed by atoms with Gasteiger partial charge in [0, 0.05) is 11.1 Å². The lowest BCUT2D eigenvalue weighted by Gasteiger charge is -2.11. The van der Waals surface area contributed by atoms with Crippen molar-refractivity contribution in [1.82, 2.24) is 0 Å². The minimum atomic E-state index is 0.583. The lowest BCUT2D eigenvalue weighted by molar-refractivity contribution is 1.28. The molecule has 3 aromatic rings. The average molecular weight is 311 g/mol. The minimum absolute atomic E-state index is 0.583. The normalized spacial score (nSPS) is 9.83. The van der Waals surface area contributed by atoms with E-state index >= 15 is 0 Å². The number of aryl methyl sites for hydroxylation is 1. The van der Waals surface area contributed by atoms with Crippen molar-refractivity contribution < 1.29 is 0 Å². The molecule has 116 valence electrons. The number of benzene rings is 3. The van der Waals surface area contributed by atoms with Crippen LogP contribution in [0.1, 0.15) is 22.3 Å². The van der Waals surface area contributed by atoms with Crippen molar-refractivity contribution in [3.8, 4) is 6.07 Å². The molecule has 0 unspecified atom stereocenters. The molecule has 0 aromatic heterocycles. The number of rotatable bonds is 4. The molecule has 3 rings (SSSR count). The standard InChI is InChI=1S/C21H17N3/c1-16-9-8-14-19(15-22)20(16)23-24-21(17-10-4-2-5-11-17)18-12-6-3-7-13-18/h2-14,23H,1H3. The molecule has 0 aliphatic heterocycles. The van der Waals surface area contributed by atoms with Crippen molar-refractivity contribution >= 4 is 11.4 Å². The maximum absolute atomic E-state index is 9.30. The molecule has 0 bridgehead atoms. The van der Waals surface area contributed by atoms with Gasteiger partial charge < -0.3 is 0 Å². The lowest BCUT2D eigenvalue weighted by atomic mass is 10.0. The molecule has 3 nitrogen and oxygen atoms in total. The summed E-state index contributed by atoms with van der Waals surface area (Å²) in [6, 6.07) is 27.8. The van der Waals surface area contributed by atoms with Crippen LogP contribution in [0.3, 0.4) is 0 Å². The molecule has 0 heterocycles. The highest BCUT2D eigenvalue weighted by molar-refractivity contribution is 6.13. The molecule has 0 saturated carbocycles. The van der Waals surface area contributed by atoms with Crippen molar-refractivity contribution in [3.63, 3.8) is 0 Å². The third-order valence-electron chi connectivity index (χ3n) is 3.77. The highest BCUT2D eigenvalue weighted by atomic mass is 15.3. The Balaban J connectivity index is 2.05. The molecular weight excluding hydrogens is 294 g/mol. The second kappa shape index (κ2) is 7.26.